The molecule has 160 valence electrons. The van der Waals surface area contributed by atoms with Gasteiger partial charge in [0.15, 0.2) is 0 Å². The number of methoxy groups -OCH3 is 1. The van der Waals surface area contributed by atoms with Gasteiger partial charge in [0.2, 0.25) is 5.91 Å². The summed E-state index contributed by atoms with van der Waals surface area (Å²) < 4.78 is 21.0. The van der Waals surface area contributed by atoms with E-state index in [1.165, 1.54) is 36.3 Å². The van der Waals surface area contributed by atoms with Crippen molar-refractivity contribution in [2.24, 2.45) is 0 Å². The van der Waals surface area contributed by atoms with Gasteiger partial charge in [0.25, 0.3) is 0 Å². The first kappa shape index (κ1) is 21.0. The second-order valence-electron chi connectivity index (χ2n) is 7.19. The van der Waals surface area contributed by atoms with Crippen LogP contribution < -0.4 is 5.32 Å². The number of allylic oxidation sites excluding steroid dienone is 1. The van der Waals surface area contributed by atoms with E-state index in [-0.39, 0.29) is 16.9 Å². The van der Waals surface area contributed by atoms with Crippen molar-refractivity contribution in [3.8, 4) is 5.69 Å². The molecule has 0 aliphatic carbocycles. The van der Waals surface area contributed by atoms with E-state index in [2.05, 4.69) is 10.3 Å². The molecule has 0 aliphatic rings. The molecule has 0 radical (unpaired) electrons. The SMILES string of the molecule is COC(=O)c1cc(-n2ccnc2)c(F)cc1NC(=O)C=C(C)c1ccc2ccccc2c1. The maximum atomic E-state index is 14.7. The number of anilines is 1. The van der Waals surface area contributed by atoms with Gasteiger partial charge >= 0.3 is 5.97 Å². The van der Waals surface area contributed by atoms with Gasteiger partial charge in [0.05, 0.1) is 30.4 Å². The van der Waals surface area contributed by atoms with Crippen molar-refractivity contribution in [1.82, 2.24) is 9.55 Å². The molecule has 4 rings (SSSR count). The first-order valence-electron chi connectivity index (χ1n) is 9.85. The van der Waals surface area contributed by atoms with E-state index in [0.29, 0.717) is 0 Å². The van der Waals surface area contributed by atoms with E-state index >= 15 is 0 Å². The largest absolute Gasteiger partial charge is 0.465 e. The number of amides is 1. The van der Waals surface area contributed by atoms with Crippen LogP contribution in [0.5, 0.6) is 0 Å². The van der Waals surface area contributed by atoms with Gasteiger partial charge in [-0.3, -0.25) is 4.79 Å². The summed E-state index contributed by atoms with van der Waals surface area (Å²) in [6.45, 7) is 1.81. The number of ether oxygens (including phenoxy) is 1. The lowest BCUT2D eigenvalue weighted by atomic mass is 10.0. The Kier molecular flexibility index (Phi) is 5.81. The van der Waals surface area contributed by atoms with Gasteiger partial charge in [-0.1, -0.05) is 36.4 Å². The smallest absolute Gasteiger partial charge is 0.340 e. The Hall–Kier alpha value is -4.26. The third-order valence-electron chi connectivity index (χ3n) is 5.09. The number of benzene rings is 3. The van der Waals surface area contributed by atoms with Gasteiger partial charge in [0, 0.05) is 24.5 Å². The molecule has 0 aliphatic heterocycles. The molecule has 32 heavy (non-hydrogen) atoms. The van der Waals surface area contributed by atoms with Crippen molar-refractivity contribution in [2.75, 3.05) is 12.4 Å². The van der Waals surface area contributed by atoms with Crippen molar-refractivity contribution in [3.63, 3.8) is 0 Å². The van der Waals surface area contributed by atoms with E-state index in [1.807, 2.05) is 49.4 Å². The van der Waals surface area contributed by atoms with Gasteiger partial charge < -0.3 is 14.6 Å². The average molecular weight is 429 g/mol. The molecule has 0 spiro atoms. The Balaban J connectivity index is 1.64. The summed E-state index contributed by atoms with van der Waals surface area (Å²) in [7, 11) is 1.22. The number of carbonyl (C=O) groups excluding carboxylic acids is 2. The first-order valence-corrected chi connectivity index (χ1v) is 9.85. The van der Waals surface area contributed by atoms with Crippen molar-refractivity contribution in [3.05, 3.63) is 96.3 Å². The summed E-state index contributed by atoms with van der Waals surface area (Å²) in [6.07, 6.45) is 5.86. The highest BCUT2D eigenvalue weighted by atomic mass is 19.1. The number of hydrogen-bond acceptors (Lipinski definition) is 4. The number of halogens is 1. The molecule has 0 atom stereocenters. The van der Waals surface area contributed by atoms with Crippen LogP contribution in [0.4, 0.5) is 10.1 Å². The number of carbonyl (C=O) groups is 2. The lowest BCUT2D eigenvalue weighted by Crippen LogP contribution is -2.15. The monoisotopic (exact) mass is 429 g/mol. The molecule has 0 saturated heterocycles. The molecular weight excluding hydrogens is 409 g/mol. The van der Waals surface area contributed by atoms with Crippen LogP contribution in [0.3, 0.4) is 0 Å². The number of aromatic nitrogens is 2. The molecule has 1 heterocycles. The summed E-state index contributed by atoms with van der Waals surface area (Å²) in [6, 6.07) is 16.3. The van der Waals surface area contributed by atoms with Crippen LogP contribution in [-0.4, -0.2) is 28.5 Å². The Morgan fingerprint density at radius 1 is 1.09 bits per heavy atom. The third kappa shape index (κ3) is 4.27. The zero-order valence-corrected chi connectivity index (χ0v) is 17.5. The minimum atomic E-state index is -0.697. The lowest BCUT2D eigenvalue weighted by Gasteiger charge is -2.13. The maximum absolute atomic E-state index is 14.7. The van der Waals surface area contributed by atoms with Crippen LogP contribution >= 0.6 is 0 Å². The van der Waals surface area contributed by atoms with Crippen LogP contribution in [0.25, 0.3) is 22.0 Å². The van der Waals surface area contributed by atoms with Gasteiger partial charge in [-0.25, -0.2) is 14.2 Å². The number of fused-ring (bicyclic) bond motifs is 1. The molecule has 1 aromatic heterocycles. The average Bonchev–Trinajstić information content (AvgIpc) is 3.33. The van der Waals surface area contributed by atoms with E-state index in [9.17, 15) is 14.0 Å². The summed E-state index contributed by atoms with van der Waals surface area (Å²) >= 11 is 0. The Labute approximate surface area is 184 Å². The van der Waals surface area contributed by atoms with Gasteiger partial charge in [0.1, 0.15) is 5.82 Å². The predicted octanol–water partition coefficient (Wildman–Crippen LogP) is 4.99. The Bertz CT molecular complexity index is 1340. The molecule has 3 aromatic carbocycles. The van der Waals surface area contributed by atoms with Crippen molar-refractivity contribution in [2.45, 2.75) is 6.92 Å². The van der Waals surface area contributed by atoms with Crippen molar-refractivity contribution in [1.29, 1.82) is 0 Å². The summed E-state index contributed by atoms with van der Waals surface area (Å²) in [5.41, 5.74) is 1.77. The number of imidazole rings is 1. The molecule has 1 N–H and O–H groups in total. The fraction of sp³-hybridized carbons (Fsp3) is 0.0800. The number of hydrogen-bond donors (Lipinski definition) is 1. The van der Waals surface area contributed by atoms with Crippen LogP contribution in [0.15, 0.2) is 79.4 Å². The number of nitrogens with one attached hydrogen (secondary N) is 1. The molecule has 6 nitrogen and oxygen atoms in total. The topological polar surface area (TPSA) is 73.2 Å². The molecule has 0 fully saturated rings. The highest BCUT2D eigenvalue weighted by Crippen LogP contribution is 2.25. The molecule has 1 amide bonds. The van der Waals surface area contributed by atoms with Crippen LogP contribution in [0.2, 0.25) is 0 Å². The zero-order valence-electron chi connectivity index (χ0n) is 17.5. The summed E-state index contributed by atoms with van der Waals surface area (Å²) in [4.78, 5) is 28.8. The van der Waals surface area contributed by atoms with E-state index in [0.717, 1.165) is 28.0 Å². The maximum Gasteiger partial charge on any atom is 0.340 e. The van der Waals surface area contributed by atoms with E-state index < -0.39 is 17.7 Å². The molecule has 0 unspecified atom stereocenters. The van der Waals surface area contributed by atoms with E-state index in [4.69, 9.17) is 4.74 Å². The highest BCUT2D eigenvalue weighted by molar-refractivity contribution is 6.08. The lowest BCUT2D eigenvalue weighted by molar-refractivity contribution is -0.111. The second kappa shape index (κ2) is 8.85. The summed E-state index contributed by atoms with van der Waals surface area (Å²) in [5, 5.41) is 4.76. The van der Waals surface area contributed by atoms with Gasteiger partial charge in [-0.15, -0.1) is 0 Å². The Morgan fingerprint density at radius 3 is 2.59 bits per heavy atom. The minimum absolute atomic E-state index is 0.0192. The molecule has 0 bridgehead atoms. The van der Waals surface area contributed by atoms with Gasteiger partial charge in [-0.2, -0.15) is 0 Å². The zero-order chi connectivity index (χ0) is 22.7. The summed E-state index contributed by atoms with van der Waals surface area (Å²) in [5.74, 6) is -1.81. The van der Waals surface area contributed by atoms with Gasteiger partial charge in [-0.05, 0) is 41.0 Å². The van der Waals surface area contributed by atoms with Crippen LogP contribution in [-0.2, 0) is 9.53 Å². The first-order chi connectivity index (χ1) is 15.5. The highest BCUT2D eigenvalue weighted by Gasteiger charge is 2.18. The Morgan fingerprint density at radius 2 is 1.88 bits per heavy atom. The molecule has 0 saturated carbocycles. The second-order valence-corrected chi connectivity index (χ2v) is 7.19. The molecule has 4 aromatic rings. The van der Waals surface area contributed by atoms with Crippen molar-refractivity contribution >= 4 is 33.9 Å². The predicted molar refractivity (Wildman–Crippen MR) is 121 cm³/mol. The fourth-order valence-electron chi connectivity index (χ4n) is 3.43. The molecular formula is C25H20FN3O3. The minimum Gasteiger partial charge on any atom is -0.465 e. The normalized spacial score (nSPS) is 11.4. The number of rotatable bonds is 5. The number of esters is 1. The number of nitrogens with zero attached hydrogens (tertiary/aromatic N) is 2. The molecule has 7 heteroatoms. The third-order valence-corrected chi connectivity index (χ3v) is 5.09. The standard InChI is InChI=1S/C25H20FN3O3/c1-16(18-8-7-17-5-3-4-6-19(17)12-18)11-24(30)28-22-14-21(26)23(29-10-9-27-15-29)13-20(22)25(31)32-2/h3-15H,1-2H3,(H,28,30). The van der Waals surface area contributed by atoms with E-state index in [1.54, 1.807) is 6.20 Å². The van der Waals surface area contributed by atoms with Crippen LogP contribution in [0.1, 0.15) is 22.8 Å². The van der Waals surface area contributed by atoms with Crippen molar-refractivity contribution < 1.29 is 18.7 Å². The fourth-order valence-corrected chi connectivity index (χ4v) is 3.43. The van der Waals surface area contributed by atoms with Crippen LogP contribution in [0, 0.1) is 5.82 Å². The quantitative estimate of drug-likeness (QED) is 0.358.